The van der Waals surface area contributed by atoms with Crippen LogP contribution in [0.3, 0.4) is 0 Å². The summed E-state index contributed by atoms with van der Waals surface area (Å²) in [7, 11) is 1.99. The van der Waals surface area contributed by atoms with Crippen molar-refractivity contribution >= 4 is 11.9 Å². The number of esters is 2. The molecule has 0 aromatic heterocycles. The van der Waals surface area contributed by atoms with E-state index in [1.165, 1.54) is 0 Å². The van der Waals surface area contributed by atoms with Crippen molar-refractivity contribution in [3.05, 3.63) is 34.9 Å². The smallest absolute Gasteiger partial charge is 0.341 e. The topological polar surface area (TPSA) is 52.6 Å². The first kappa shape index (κ1) is 12.1. The number of hydrogen-bond acceptors (Lipinski definition) is 4. The minimum Gasteiger partial charge on any atom is -0.465 e. The van der Waals surface area contributed by atoms with Gasteiger partial charge in [0.2, 0.25) is 0 Å². The largest absolute Gasteiger partial charge is 0.465 e. The molecule has 16 heavy (non-hydrogen) atoms. The Bertz CT molecular complexity index is 402. The van der Waals surface area contributed by atoms with Crippen LogP contribution in [0.1, 0.15) is 20.7 Å². The molecule has 0 heterocycles. The van der Waals surface area contributed by atoms with Crippen LogP contribution in [0.25, 0.3) is 0 Å². The van der Waals surface area contributed by atoms with Gasteiger partial charge in [-0.05, 0) is 12.1 Å². The van der Waals surface area contributed by atoms with E-state index in [2.05, 4.69) is 9.47 Å². The second-order valence-corrected chi connectivity index (χ2v) is 2.76. The SMILES string of the molecule is COC(=O)c1c(F)ccc(F)c1C(=O)OC. The van der Waals surface area contributed by atoms with Gasteiger partial charge in [0.25, 0.3) is 0 Å². The third-order valence-corrected chi connectivity index (χ3v) is 1.88. The fourth-order valence-electron chi connectivity index (χ4n) is 1.16. The number of hydrogen-bond donors (Lipinski definition) is 0. The highest BCUT2D eigenvalue weighted by atomic mass is 19.1. The minimum atomic E-state index is -1.14. The van der Waals surface area contributed by atoms with Crippen LogP contribution in [-0.4, -0.2) is 26.2 Å². The third kappa shape index (κ3) is 2.00. The first-order valence-electron chi connectivity index (χ1n) is 4.17. The fourth-order valence-corrected chi connectivity index (χ4v) is 1.16. The van der Waals surface area contributed by atoms with E-state index in [4.69, 9.17) is 0 Å². The maximum absolute atomic E-state index is 13.3. The molecule has 0 saturated carbocycles. The zero-order valence-electron chi connectivity index (χ0n) is 8.54. The van der Waals surface area contributed by atoms with Crippen LogP contribution in [0.4, 0.5) is 8.78 Å². The highest BCUT2D eigenvalue weighted by Crippen LogP contribution is 2.19. The van der Waals surface area contributed by atoms with Gasteiger partial charge in [0.1, 0.15) is 22.8 Å². The second kappa shape index (κ2) is 4.69. The van der Waals surface area contributed by atoms with Crippen molar-refractivity contribution in [2.45, 2.75) is 0 Å². The van der Waals surface area contributed by atoms with Gasteiger partial charge >= 0.3 is 11.9 Å². The van der Waals surface area contributed by atoms with E-state index in [9.17, 15) is 18.4 Å². The molecule has 0 N–H and O–H groups in total. The van der Waals surface area contributed by atoms with Gasteiger partial charge in [0.05, 0.1) is 14.2 Å². The molecule has 0 spiro atoms. The van der Waals surface area contributed by atoms with Gasteiger partial charge in [-0.1, -0.05) is 0 Å². The second-order valence-electron chi connectivity index (χ2n) is 2.76. The molecular weight excluding hydrogens is 222 g/mol. The summed E-state index contributed by atoms with van der Waals surface area (Å²) in [5, 5.41) is 0. The summed E-state index contributed by atoms with van der Waals surface area (Å²) in [4.78, 5) is 22.4. The normalized spacial score (nSPS) is 9.75. The third-order valence-electron chi connectivity index (χ3n) is 1.88. The molecule has 0 radical (unpaired) electrons. The Morgan fingerprint density at radius 2 is 1.25 bits per heavy atom. The first-order chi connectivity index (χ1) is 7.52. The lowest BCUT2D eigenvalue weighted by Crippen LogP contribution is -2.16. The Morgan fingerprint density at radius 3 is 1.50 bits per heavy atom. The number of methoxy groups -OCH3 is 2. The molecule has 0 aliphatic heterocycles. The molecule has 86 valence electrons. The molecule has 6 heteroatoms. The molecule has 4 nitrogen and oxygen atoms in total. The van der Waals surface area contributed by atoms with E-state index in [1.54, 1.807) is 0 Å². The number of benzene rings is 1. The van der Waals surface area contributed by atoms with Crippen molar-refractivity contribution in [2.75, 3.05) is 14.2 Å². The van der Waals surface area contributed by atoms with Gasteiger partial charge in [-0.3, -0.25) is 0 Å². The summed E-state index contributed by atoms with van der Waals surface area (Å²) in [6, 6.07) is 1.46. The van der Waals surface area contributed by atoms with Crippen molar-refractivity contribution in [1.82, 2.24) is 0 Å². The maximum Gasteiger partial charge on any atom is 0.341 e. The molecule has 1 aromatic carbocycles. The van der Waals surface area contributed by atoms with Gasteiger partial charge in [-0.25, -0.2) is 18.4 Å². The number of ether oxygens (including phenoxy) is 2. The molecule has 0 unspecified atom stereocenters. The maximum atomic E-state index is 13.3. The Balaban J connectivity index is 3.49. The number of rotatable bonds is 2. The van der Waals surface area contributed by atoms with Crippen LogP contribution in [0, 0.1) is 11.6 Å². The van der Waals surface area contributed by atoms with Crippen LogP contribution in [0.5, 0.6) is 0 Å². The minimum absolute atomic E-state index is 0.730. The molecule has 0 fully saturated rings. The van der Waals surface area contributed by atoms with E-state index < -0.39 is 34.7 Å². The summed E-state index contributed by atoms with van der Waals surface area (Å²) < 4.78 is 35.1. The summed E-state index contributed by atoms with van der Waals surface area (Å²) in [5.74, 6) is -4.38. The van der Waals surface area contributed by atoms with Crippen LogP contribution in [-0.2, 0) is 9.47 Å². The molecule has 0 saturated heterocycles. The quantitative estimate of drug-likeness (QED) is 0.723. The lowest BCUT2D eigenvalue weighted by Gasteiger charge is -2.07. The molecule has 0 amide bonds. The van der Waals surface area contributed by atoms with Crippen molar-refractivity contribution < 1.29 is 27.8 Å². The van der Waals surface area contributed by atoms with Crippen LogP contribution in [0.15, 0.2) is 12.1 Å². The Hall–Kier alpha value is -1.98. The monoisotopic (exact) mass is 230 g/mol. The van der Waals surface area contributed by atoms with Crippen molar-refractivity contribution in [3.63, 3.8) is 0 Å². The van der Waals surface area contributed by atoms with Gasteiger partial charge in [-0.15, -0.1) is 0 Å². The molecule has 0 bridgehead atoms. The average Bonchev–Trinajstić information content (AvgIpc) is 2.29. The Morgan fingerprint density at radius 1 is 0.938 bits per heavy atom. The fraction of sp³-hybridized carbons (Fsp3) is 0.200. The van der Waals surface area contributed by atoms with Crippen LogP contribution in [0.2, 0.25) is 0 Å². The molecule has 1 aromatic rings. The summed E-state index contributed by atoms with van der Waals surface area (Å²) in [5.41, 5.74) is -1.54. The molecule has 0 aliphatic rings. The summed E-state index contributed by atoms with van der Waals surface area (Å²) >= 11 is 0. The zero-order valence-corrected chi connectivity index (χ0v) is 8.54. The van der Waals surface area contributed by atoms with Gasteiger partial charge in [0.15, 0.2) is 0 Å². The summed E-state index contributed by atoms with van der Waals surface area (Å²) in [6.07, 6.45) is 0. The molecular formula is C10H8F2O4. The summed E-state index contributed by atoms with van der Waals surface area (Å²) in [6.45, 7) is 0. The van der Waals surface area contributed by atoms with Gasteiger partial charge < -0.3 is 9.47 Å². The lowest BCUT2D eigenvalue weighted by molar-refractivity contribution is 0.0546. The van der Waals surface area contributed by atoms with Crippen LogP contribution >= 0.6 is 0 Å². The van der Waals surface area contributed by atoms with Crippen molar-refractivity contribution in [1.29, 1.82) is 0 Å². The van der Waals surface area contributed by atoms with Crippen LogP contribution < -0.4 is 0 Å². The van der Waals surface area contributed by atoms with E-state index in [0.717, 1.165) is 26.4 Å². The number of carbonyl (C=O) groups excluding carboxylic acids is 2. The van der Waals surface area contributed by atoms with Crippen molar-refractivity contribution in [2.24, 2.45) is 0 Å². The zero-order chi connectivity index (χ0) is 12.3. The first-order valence-corrected chi connectivity index (χ1v) is 4.17. The van der Waals surface area contributed by atoms with E-state index in [1.807, 2.05) is 0 Å². The van der Waals surface area contributed by atoms with Gasteiger partial charge in [-0.2, -0.15) is 0 Å². The molecule has 0 aliphatic carbocycles. The van der Waals surface area contributed by atoms with E-state index >= 15 is 0 Å². The van der Waals surface area contributed by atoms with Crippen molar-refractivity contribution in [3.8, 4) is 0 Å². The van der Waals surface area contributed by atoms with Gasteiger partial charge in [0, 0.05) is 0 Å². The Labute approximate surface area is 89.8 Å². The van der Waals surface area contributed by atoms with E-state index in [-0.39, 0.29) is 0 Å². The average molecular weight is 230 g/mol. The molecule has 0 atom stereocenters. The standard InChI is InChI=1S/C10H8F2O4/c1-15-9(13)7-5(11)3-4-6(12)8(7)10(14)16-2/h3-4H,1-2H3. The number of carbonyl (C=O) groups is 2. The predicted octanol–water partition coefficient (Wildman–Crippen LogP) is 1.54. The molecule has 1 rings (SSSR count). The lowest BCUT2D eigenvalue weighted by atomic mass is 10.1. The van der Waals surface area contributed by atoms with E-state index in [0.29, 0.717) is 0 Å². The highest BCUT2D eigenvalue weighted by molar-refractivity contribution is 6.03. The Kier molecular flexibility index (Phi) is 3.55. The number of halogens is 2. The highest BCUT2D eigenvalue weighted by Gasteiger charge is 2.26. The predicted molar refractivity (Wildman–Crippen MR) is 49.0 cm³/mol.